The van der Waals surface area contributed by atoms with E-state index in [0.29, 0.717) is 93.1 Å². The van der Waals surface area contributed by atoms with Gasteiger partial charge in [-0.2, -0.15) is 0 Å². The molecule has 13 heteroatoms. The summed E-state index contributed by atoms with van der Waals surface area (Å²) < 4.78 is 25.8. The van der Waals surface area contributed by atoms with Crippen molar-refractivity contribution in [2.75, 3.05) is 0 Å². The molecule has 0 aliphatic carbocycles. The van der Waals surface area contributed by atoms with E-state index in [2.05, 4.69) is 15.4 Å². The van der Waals surface area contributed by atoms with Crippen LogP contribution in [0.25, 0.3) is 0 Å². The number of fused-ring (bicyclic) bond motifs is 2. The average Bonchev–Trinajstić information content (AvgIpc) is 3.93. The third-order valence-corrected chi connectivity index (χ3v) is 12.7. The maximum Gasteiger partial charge on any atom is 0.259 e. The molecule has 2 aliphatic heterocycles. The molecule has 0 spiro atoms. The SMILES string of the molecule is Cc1c(C)c2c(c(CCc3c(C)c(O)c(C)c4c3OC(C)(c3nnc(CCc5ccc(O)c(O)c5)o3)CC4)c1O)CCC(C)(c1cc(CCc3ccc(O)c(O)c3)no1)O2. The standard InChI is InChI=1S/C47H51N3O10/c1-24-25(2)43-34(18-19-46(5,58-43)39-23-30(50-60-39)11-7-28-8-14-35(51)37(53)21-28)33(42(24)56)13-12-31-26(3)41(55)27(4)32-17-20-47(6,59-44(31)32)45-49-48-40(57-45)16-10-29-9-15-36(52)38(54)22-29/h8-9,14-15,21-23,51-56H,7,10-13,16-20H2,1-6H3. The van der Waals surface area contributed by atoms with Gasteiger partial charge in [0.15, 0.2) is 40.0 Å². The van der Waals surface area contributed by atoms with Crippen molar-refractivity contribution < 1.29 is 49.1 Å². The van der Waals surface area contributed by atoms with E-state index in [9.17, 15) is 30.6 Å². The number of aromatic nitrogens is 3. The molecule has 4 aromatic carbocycles. The number of benzene rings is 4. The Kier molecular flexibility index (Phi) is 10.3. The van der Waals surface area contributed by atoms with E-state index < -0.39 is 11.2 Å². The molecule has 314 valence electrons. The molecule has 2 aromatic heterocycles. The maximum atomic E-state index is 11.7. The van der Waals surface area contributed by atoms with Crippen LogP contribution in [0.4, 0.5) is 0 Å². The van der Waals surface area contributed by atoms with Gasteiger partial charge in [0.1, 0.15) is 23.0 Å². The van der Waals surface area contributed by atoms with Gasteiger partial charge < -0.3 is 49.1 Å². The highest BCUT2D eigenvalue weighted by Crippen LogP contribution is 2.50. The highest BCUT2D eigenvalue weighted by molar-refractivity contribution is 5.62. The van der Waals surface area contributed by atoms with Crippen LogP contribution >= 0.6 is 0 Å². The van der Waals surface area contributed by atoms with Gasteiger partial charge in [0.05, 0.1) is 5.69 Å². The van der Waals surface area contributed by atoms with Gasteiger partial charge in [-0.25, -0.2) is 0 Å². The lowest BCUT2D eigenvalue weighted by atomic mass is 9.82. The summed E-state index contributed by atoms with van der Waals surface area (Å²) in [5.74, 6) is 2.56. The lowest BCUT2D eigenvalue weighted by Gasteiger charge is -2.37. The second-order valence-corrected chi connectivity index (χ2v) is 16.8. The first-order valence-electron chi connectivity index (χ1n) is 20.4. The molecule has 60 heavy (non-hydrogen) atoms. The van der Waals surface area contributed by atoms with Crippen LogP contribution < -0.4 is 9.47 Å². The van der Waals surface area contributed by atoms with Gasteiger partial charge in [-0.3, -0.25) is 0 Å². The first kappa shape index (κ1) is 40.4. The zero-order chi connectivity index (χ0) is 42.7. The number of hydrogen-bond donors (Lipinski definition) is 6. The van der Waals surface area contributed by atoms with Gasteiger partial charge in [-0.1, -0.05) is 17.3 Å². The molecular weight excluding hydrogens is 767 g/mol. The number of hydrogen-bond acceptors (Lipinski definition) is 13. The minimum Gasteiger partial charge on any atom is -0.507 e. The Labute approximate surface area is 347 Å². The second kappa shape index (κ2) is 15.3. The van der Waals surface area contributed by atoms with Gasteiger partial charge in [-0.15, -0.1) is 10.2 Å². The summed E-state index contributed by atoms with van der Waals surface area (Å²) in [6.07, 6.45) is 5.42. The van der Waals surface area contributed by atoms with Crippen LogP contribution in [-0.4, -0.2) is 46.0 Å². The summed E-state index contributed by atoms with van der Waals surface area (Å²) in [5.41, 5.74) is 7.25. The first-order chi connectivity index (χ1) is 28.5. The van der Waals surface area contributed by atoms with E-state index in [1.807, 2.05) is 47.6 Å². The van der Waals surface area contributed by atoms with Crippen LogP contribution in [0.5, 0.6) is 46.0 Å². The Hall–Kier alpha value is -6.37. The van der Waals surface area contributed by atoms with Crippen molar-refractivity contribution in [1.82, 2.24) is 15.4 Å². The Morgan fingerprint density at radius 3 is 1.87 bits per heavy atom. The Morgan fingerprint density at radius 2 is 1.18 bits per heavy atom. The fraction of sp³-hybridized carbons (Fsp3) is 0.383. The van der Waals surface area contributed by atoms with Crippen molar-refractivity contribution >= 4 is 0 Å². The zero-order valence-electron chi connectivity index (χ0n) is 34.8. The Bertz CT molecular complexity index is 2630. The molecule has 8 rings (SSSR count). The summed E-state index contributed by atoms with van der Waals surface area (Å²) >= 11 is 0. The van der Waals surface area contributed by atoms with Crippen LogP contribution in [0.15, 0.2) is 51.4 Å². The van der Waals surface area contributed by atoms with Crippen LogP contribution in [0.3, 0.4) is 0 Å². The number of ether oxygens (including phenoxy) is 2. The second-order valence-electron chi connectivity index (χ2n) is 16.8. The average molecular weight is 818 g/mol. The normalized spacial score (nSPS) is 18.4. The van der Waals surface area contributed by atoms with Crippen LogP contribution in [0.1, 0.15) is 106 Å². The molecular formula is C47H51N3O10. The topological polar surface area (TPSA) is 205 Å². The van der Waals surface area contributed by atoms with E-state index in [1.165, 1.54) is 18.2 Å². The summed E-state index contributed by atoms with van der Waals surface area (Å²) in [5, 5.41) is 75.2. The molecule has 6 N–H and O–H groups in total. The summed E-state index contributed by atoms with van der Waals surface area (Å²) in [6, 6.07) is 11.4. The van der Waals surface area contributed by atoms with Crippen LogP contribution in [-0.2, 0) is 62.6 Å². The van der Waals surface area contributed by atoms with Crippen molar-refractivity contribution in [2.24, 2.45) is 0 Å². The van der Waals surface area contributed by atoms with E-state index in [0.717, 1.165) is 61.5 Å². The zero-order valence-corrected chi connectivity index (χ0v) is 34.8. The monoisotopic (exact) mass is 817 g/mol. The van der Waals surface area contributed by atoms with E-state index in [1.54, 1.807) is 18.2 Å². The number of aromatic hydroxyl groups is 6. The molecule has 0 radical (unpaired) electrons. The third kappa shape index (κ3) is 7.30. The fourth-order valence-electron chi connectivity index (χ4n) is 8.64. The number of phenolic OH excluding ortho intramolecular Hbond substituents is 6. The lowest BCUT2D eigenvalue weighted by molar-refractivity contribution is 0.0320. The molecule has 13 nitrogen and oxygen atoms in total. The first-order valence-corrected chi connectivity index (χ1v) is 20.4. The minimum absolute atomic E-state index is 0.159. The Morgan fingerprint density at radius 1 is 0.567 bits per heavy atom. The third-order valence-electron chi connectivity index (χ3n) is 12.7. The predicted octanol–water partition coefficient (Wildman–Crippen LogP) is 8.36. The molecule has 0 saturated heterocycles. The predicted molar refractivity (Wildman–Crippen MR) is 220 cm³/mol. The molecule has 2 aliphatic rings. The van der Waals surface area contributed by atoms with Crippen molar-refractivity contribution in [3.05, 3.63) is 121 Å². The van der Waals surface area contributed by atoms with Crippen molar-refractivity contribution in [1.29, 1.82) is 0 Å². The number of phenols is 6. The molecule has 2 unspecified atom stereocenters. The van der Waals surface area contributed by atoms with Crippen molar-refractivity contribution in [2.45, 2.75) is 117 Å². The quantitative estimate of drug-likeness (QED) is 0.0681. The highest BCUT2D eigenvalue weighted by atomic mass is 16.5. The summed E-state index contributed by atoms with van der Waals surface area (Å²) in [4.78, 5) is 0. The van der Waals surface area contributed by atoms with E-state index >= 15 is 0 Å². The van der Waals surface area contributed by atoms with Crippen molar-refractivity contribution in [3.8, 4) is 46.0 Å². The van der Waals surface area contributed by atoms with Crippen LogP contribution in [0, 0.1) is 27.7 Å². The number of rotatable bonds is 11. The molecule has 0 bridgehead atoms. The van der Waals surface area contributed by atoms with Gasteiger partial charge in [0, 0.05) is 41.2 Å². The smallest absolute Gasteiger partial charge is 0.259 e. The number of aryl methyl sites for hydroxylation is 4. The number of nitrogens with zero attached hydrogens (tertiary/aromatic N) is 3. The van der Waals surface area contributed by atoms with Gasteiger partial charge in [-0.05, 0) is 151 Å². The molecule has 4 heterocycles. The molecule has 0 saturated carbocycles. The molecule has 6 aromatic rings. The molecule has 0 amide bonds. The van der Waals surface area contributed by atoms with E-state index in [4.69, 9.17) is 18.4 Å². The summed E-state index contributed by atoms with van der Waals surface area (Å²) in [7, 11) is 0. The largest absolute Gasteiger partial charge is 0.507 e. The lowest BCUT2D eigenvalue weighted by Crippen LogP contribution is -2.35. The van der Waals surface area contributed by atoms with Gasteiger partial charge in [0.2, 0.25) is 5.89 Å². The summed E-state index contributed by atoms with van der Waals surface area (Å²) in [6.45, 7) is 11.6. The minimum atomic E-state index is -0.936. The van der Waals surface area contributed by atoms with E-state index in [-0.39, 0.29) is 34.5 Å². The maximum absolute atomic E-state index is 11.7. The van der Waals surface area contributed by atoms with Crippen LogP contribution in [0.2, 0.25) is 0 Å². The van der Waals surface area contributed by atoms with Crippen molar-refractivity contribution in [3.63, 3.8) is 0 Å². The molecule has 2 atom stereocenters. The molecule has 0 fully saturated rings. The fourth-order valence-corrected chi connectivity index (χ4v) is 8.64. The highest BCUT2D eigenvalue weighted by Gasteiger charge is 2.42. The van der Waals surface area contributed by atoms with Gasteiger partial charge >= 0.3 is 0 Å². The van der Waals surface area contributed by atoms with Gasteiger partial charge in [0.25, 0.3) is 5.89 Å². The Balaban J connectivity index is 1.02.